The number of halogens is 1. The van der Waals surface area contributed by atoms with E-state index in [1.165, 1.54) is 0 Å². The molecule has 6 nitrogen and oxygen atoms in total. The van der Waals surface area contributed by atoms with Gasteiger partial charge in [0.1, 0.15) is 0 Å². The summed E-state index contributed by atoms with van der Waals surface area (Å²) in [6.07, 6.45) is 0.343. The molecule has 0 aliphatic carbocycles. The molecule has 1 aliphatic heterocycles. The van der Waals surface area contributed by atoms with Crippen LogP contribution < -0.4 is 5.32 Å². The molecule has 0 saturated carbocycles. The van der Waals surface area contributed by atoms with E-state index >= 15 is 0 Å². The van der Waals surface area contributed by atoms with Crippen molar-refractivity contribution < 1.29 is 9.59 Å². The van der Waals surface area contributed by atoms with Crippen molar-refractivity contribution in [3.63, 3.8) is 0 Å². The van der Waals surface area contributed by atoms with Crippen molar-refractivity contribution in [2.45, 2.75) is 12.2 Å². The van der Waals surface area contributed by atoms with Crippen molar-refractivity contribution in [2.75, 3.05) is 38.5 Å². The molecule has 1 N–H and O–H groups in total. The van der Waals surface area contributed by atoms with E-state index in [0.717, 1.165) is 22.6 Å². The van der Waals surface area contributed by atoms with Crippen molar-refractivity contribution in [1.82, 2.24) is 15.1 Å². The summed E-state index contributed by atoms with van der Waals surface area (Å²) in [7, 11) is 0. The number of nitriles is 1. The minimum Gasteiger partial charge on any atom is -0.339 e. The molecule has 0 unspecified atom stereocenters. The van der Waals surface area contributed by atoms with Gasteiger partial charge in [-0.2, -0.15) is 17.0 Å². The molecule has 1 aliphatic rings. The first-order valence-corrected chi connectivity index (χ1v) is 11.7. The lowest BCUT2D eigenvalue weighted by atomic mass is 10.1. The normalized spacial score (nSPS) is 13.5. The highest BCUT2D eigenvalue weighted by molar-refractivity contribution is 7.98. The minimum absolute atomic E-state index is 0.0661. The van der Waals surface area contributed by atoms with E-state index in [0.29, 0.717) is 49.7 Å². The summed E-state index contributed by atoms with van der Waals surface area (Å²) in [5.41, 5.74) is 2.65. The molecular formula is C23H25ClN4O2S. The van der Waals surface area contributed by atoms with Gasteiger partial charge in [0.05, 0.1) is 18.1 Å². The number of urea groups is 1. The second kappa shape index (κ2) is 11.6. The van der Waals surface area contributed by atoms with Crippen LogP contribution in [-0.4, -0.2) is 60.2 Å². The molecule has 31 heavy (non-hydrogen) atoms. The fraction of sp³-hybridized carbons (Fsp3) is 0.348. The van der Waals surface area contributed by atoms with E-state index in [2.05, 4.69) is 11.4 Å². The van der Waals surface area contributed by atoms with Crippen LogP contribution in [0.25, 0.3) is 0 Å². The summed E-state index contributed by atoms with van der Waals surface area (Å²) in [5.74, 6) is 1.58. The second-order valence-electron chi connectivity index (χ2n) is 7.22. The van der Waals surface area contributed by atoms with E-state index in [1.54, 1.807) is 33.7 Å². The maximum Gasteiger partial charge on any atom is 0.317 e. The van der Waals surface area contributed by atoms with Gasteiger partial charge in [-0.1, -0.05) is 41.9 Å². The number of piperazine rings is 1. The van der Waals surface area contributed by atoms with E-state index < -0.39 is 0 Å². The molecule has 1 fully saturated rings. The summed E-state index contributed by atoms with van der Waals surface area (Å²) < 4.78 is 0. The number of amides is 3. The molecule has 0 spiro atoms. The zero-order chi connectivity index (χ0) is 22.1. The van der Waals surface area contributed by atoms with E-state index in [1.807, 2.05) is 36.4 Å². The van der Waals surface area contributed by atoms with Gasteiger partial charge in [-0.3, -0.25) is 4.79 Å². The molecular weight excluding hydrogens is 432 g/mol. The van der Waals surface area contributed by atoms with Gasteiger partial charge in [0, 0.05) is 49.3 Å². The first kappa shape index (κ1) is 23.0. The van der Waals surface area contributed by atoms with Crippen molar-refractivity contribution >= 4 is 35.3 Å². The number of hydrogen-bond acceptors (Lipinski definition) is 4. The lowest BCUT2D eigenvalue weighted by Gasteiger charge is -2.34. The Labute approximate surface area is 192 Å². The molecule has 0 aromatic heterocycles. The third-order valence-electron chi connectivity index (χ3n) is 5.11. The van der Waals surface area contributed by atoms with Crippen molar-refractivity contribution in [3.05, 3.63) is 70.2 Å². The summed E-state index contributed by atoms with van der Waals surface area (Å²) in [4.78, 5) is 28.4. The lowest BCUT2D eigenvalue weighted by Crippen LogP contribution is -2.53. The summed E-state index contributed by atoms with van der Waals surface area (Å²) in [6.45, 7) is 2.70. The van der Waals surface area contributed by atoms with Crippen LogP contribution in [0.5, 0.6) is 0 Å². The van der Waals surface area contributed by atoms with Crippen LogP contribution in [0.2, 0.25) is 5.02 Å². The Bertz CT molecular complexity index is 937. The van der Waals surface area contributed by atoms with Gasteiger partial charge in [0.2, 0.25) is 5.91 Å². The van der Waals surface area contributed by atoms with Crippen LogP contribution in [0.15, 0.2) is 48.5 Å². The standard InChI is InChI=1S/C23H25ClN4O2S/c24-21-7-5-18(6-8-21)15-22(29)27-10-12-28(13-11-27)23(30)26-9-14-31-17-20-4-2-1-3-19(20)16-25/h1-8H,9-15,17H2,(H,26,30). The van der Waals surface area contributed by atoms with E-state index in [-0.39, 0.29) is 11.9 Å². The Morgan fingerprint density at radius 1 is 1.03 bits per heavy atom. The molecule has 1 heterocycles. The fourth-order valence-corrected chi connectivity index (χ4v) is 4.32. The molecule has 0 atom stereocenters. The second-order valence-corrected chi connectivity index (χ2v) is 8.77. The van der Waals surface area contributed by atoms with Gasteiger partial charge in [0.15, 0.2) is 0 Å². The first-order chi connectivity index (χ1) is 15.1. The number of thioether (sulfide) groups is 1. The number of hydrogen-bond donors (Lipinski definition) is 1. The molecule has 1 saturated heterocycles. The van der Waals surface area contributed by atoms with Gasteiger partial charge >= 0.3 is 6.03 Å². The van der Waals surface area contributed by atoms with Crippen LogP contribution >= 0.6 is 23.4 Å². The molecule has 3 rings (SSSR count). The summed E-state index contributed by atoms with van der Waals surface area (Å²) in [5, 5.41) is 12.7. The van der Waals surface area contributed by atoms with Gasteiger partial charge in [-0.05, 0) is 29.3 Å². The van der Waals surface area contributed by atoms with Crippen LogP contribution in [0.4, 0.5) is 4.79 Å². The average molecular weight is 457 g/mol. The lowest BCUT2D eigenvalue weighted by molar-refractivity contribution is -0.131. The quantitative estimate of drug-likeness (QED) is 0.646. The van der Waals surface area contributed by atoms with Crippen molar-refractivity contribution in [2.24, 2.45) is 0 Å². The van der Waals surface area contributed by atoms with E-state index in [4.69, 9.17) is 16.9 Å². The van der Waals surface area contributed by atoms with Gasteiger partial charge in [-0.25, -0.2) is 4.79 Å². The highest BCUT2D eigenvalue weighted by Gasteiger charge is 2.23. The maximum absolute atomic E-state index is 12.5. The van der Waals surface area contributed by atoms with Crippen molar-refractivity contribution in [3.8, 4) is 6.07 Å². The molecule has 0 bridgehead atoms. The van der Waals surface area contributed by atoms with E-state index in [9.17, 15) is 9.59 Å². The number of benzene rings is 2. The monoisotopic (exact) mass is 456 g/mol. The molecule has 3 amide bonds. The number of rotatable bonds is 7. The Hall–Kier alpha value is -2.69. The third kappa shape index (κ3) is 6.91. The SMILES string of the molecule is N#Cc1ccccc1CSCCNC(=O)N1CCN(C(=O)Cc2ccc(Cl)cc2)CC1. The minimum atomic E-state index is -0.0946. The largest absolute Gasteiger partial charge is 0.339 e. The molecule has 0 radical (unpaired) electrons. The van der Waals surface area contributed by atoms with Crippen molar-refractivity contribution in [1.29, 1.82) is 5.26 Å². The van der Waals surface area contributed by atoms with Crippen LogP contribution in [0, 0.1) is 11.3 Å². The Kier molecular flexibility index (Phi) is 8.63. The third-order valence-corrected chi connectivity index (χ3v) is 6.37. The topological polar surface area (TPSA) is 76.4 Å². The molecule has 162 valence electrons. The zero-order valence-corrected chi connectivity index (χ0v) is 18.8. The number of nitrogens with one attached hydrogen (secondary N) is 1. The zero-order valence-electron chi connectivity index (χ0n) is 17.2. The Morgan fingerprint density at radius 3 is 2.42 bits per heavy atom. The predicted octanol–water partition coefficient (Wildman–Crippen LogP) is 3.54. The van der Waals surface area contributed by atoms with Gasteiger partial charge in [-0.15, -0.1) is 0 Å². The number of nitrogens with zero attached hydrogens (tertiary/aromatic N) is 3. The van der Waals surface area contributed by atoms with Crippen LogP contribution in [0.1, 0.15) is 16.7 Å². The number of carbonyl (C=O) groups excluding carboxylic acids is 2. The molecule has 2 aromatic carbocycles. The van der Waals surface area contributed by atoms with Crippen LogP contribution in [-0.2, 0) is 17.0 Å². The highest BCUT2D eigenvalue weighted by atomic mass is 35.5. The summed E-state index contributed by atoms with van der Waals surface area (Å²) >= 11 is 7.57. The molecule has 8 heteroatoms. The van der Waals surface area contributed by atoms with Crippen LogP contribution in [0.3, 0.4) is 0 Å². The predicted molar refractivity (Wildman–Crippen MR) is 124 cm³/mol. The Morgan fingerprint density at radius 2 is 1.71 bits per heavy atom. The first-order valence-electron chi connectivity index (χ1n) is 10.2. The smallest absolute Gasteiger partial charge is 0.317 e. The van der Waals surface area contributed by atoms with Gasteiger partial charge in [0.25, 0.3) is 0 Å². The van der Waals surface area contributed by atoms with Gasteiger partial charge < -0.3 is 15.1 Å². The average Bonchev–Trinajstić information content (AvgIpc) is 2.80. The molecule has 2 aromatic rings. The maximum atomic E-state index is 12.5. The Balaban J connectivity index is 1.33. The number of carbonyl (C=O) groups is 2. The summed E-state index contributed by atoms with van der Waals surface area (Å²) in [6, 6.07) is 17.0. The highest BCUT2D eigenvalue weighted by Crippen LogP contribution is 2.16. The fourth-order valence-electron chi connectivity index (χ4n) is 3.33.